The van der Waals surface area contributed by atoms with Gasteiger partial charge in [0, 0.05) is 6.21 Å². The predicted octanol–water partition coefficient (Wildman–Crippen LogP) is 3.17. The van der Waals surface area contributed by atoms with Crippen LogP contribution in [-0.4, -0.2) is 30.8 Å². The zero-order valence-electron chi connectivity index (χ0n) is 14.0. The van der Waals surface area contributed by atoms with Crippen molar-refractivity contribution in [2.75, 3.05) is 6.61 Å². The van der Waals surface area contributed by atoms with Crippen molar-refractivity contribution in [3.8, 4) is 0 Å². The summed E-state index contributed by atoms with van der Waals surface area (Å²) in [5, 5.41) is 0. The molecule has 1 atom stereocenters. The third-order valence-corrected chi connectivity index (χ3v) is 3.15. The summed E-state index contributed by atoms with van der Waals surface area (Å²) in [6.07, 6.45) is 2.32. The number of nitrogens with zero attached hydrogens (tertiary/aromatic N) is 1. The molecule has 5 heteroatoms. The molecule has 0 aliphatic carbocycles. The Labute approximate surface area is 137 Å². The molecule has 0 radical (unpaired) electrons. The van der Waals surface area contributed by atoms with E-state index in [4.69, 9.17) is 9.47 Å². The number of aliphatic imine (C=N–C) groups is 1. The summed E-state index contributed by atoms with van der Waals surface area (Å²) < 4.78 is 10.2. The predicted molar refractivity (Wildman–Crippen MR) is 89.2 cm³/mol. The molecule has 0 aliphatic rings. The molecule has 126 valence electrons. The Bertz CT molecular complexity index is 511. The molecule has 5 nitrogen and oxygen atoms in total. The fourth-order valence-corrected chi connectivity index (χ4v) is 1.92. The number of carbonyl (C=O) groups excluding carboxylic acids is 2. The van der Waals surface area contributed by atoms with E-state index in [1.54, 1.807) is 13.1 Å². The third-order valence-electron chi connectivity index (χ3n) is 3.15. The number of ether oxygens (including phenoxy) is 2. The van der Waals surface area contributed by atoms with Crippen molar-refractivity contribution in [1.29, 1.82) is 0 Å². The second-order valence-corrected chi connectivity index (χ2v) is 5.46. The molecule has 23 heavy (non-hydrogen) atoms. The minimum atomic E-state index is -0.555. The smallest absolute Gasteiger partial charge is 0.331 e. The monoisotopic (exact) mass is 319 g/mol. The maximum atomic E-state index is 12.2. The maximum absolute atomic E-state index is 12.2. The van der Waals surface area contributed by atoms with Gasteiger partial charge in [0.05, 0.1) is 13.0 Å². The first-order valence-electron chi connectivity index (χ1n) is 7.92. The Balaban J connectivity index is 2.46. The molecule has 1 aromatic carbocycles. The van der Waals surface area contributed by atoms with Gasteiger partial charge in [-0.2, -0.15) is 0 Å². The van der Waals surface area contributed by atoms with Crippen LogP contribution in [0.1, 0.15) is 39.2 Å². The summed E-state index contributed by atoms with van der Waals surface area (Å²) >= 11 is 0. The summed E-state index contributed by atoms with van der Waals surface area (Å²) in [5.41, 5.74) is 0.939. The van der Waals surface area contributed by atoms with Crippen molar-refractivity contribution < 1.29 is 19.1 Å². The van der Waals surface area contributed by atoms with E-state index >= 15 is 0 Å². The fraction of sp³-hybridized carbons (Fsp3) is 0.500. The summed E-state index contributed by atoms with van der Waals surface area (Å²) in [6, 6.07) is 8.96. The number of carbonyl (C=O) groups is 2. The van der Waals surface area contributed by atoms with Gasteiger partial charge in [-0.05, 0) is 24.8 Å². The largest absolute Gasteiger partial charge is 0.466 e. The third kappa shape index (κ3) is 7.58. The Hall–Kier alpha value is -2.17. The number of benzene rings is 1. The van der Waals surface area contributed by atoms with E-state index in [2.05, 4.69) is 4.99 Å². The molecule has 0 unspecified atom stereocenters. The van der Waals surface area contributed by atoms with Crippen molar-refractivity contribution >= 4 is 18.2 Å². The molecular weight excluding hydrogens is 294 g/mol. The Morgan fingerprint density at radius 2 is 1.87 bits per heavy atom. The first kappa shape index (κ1) is 18.9. The van der Waals surface area contributed by atoms with Gasteiger partial charge in [-0.15, -0.1) is 0 Å². The van der Waals surface area contributed by atoms with Gasteiger partial charge in [-0.3, -0.25) is 9.79 Å². The quantitative estimate of drug-likeness (QED) is 0.518. The van der Waals surface area contributed by atoms with Crippen molar-refractivity contribution in [1.82, 2.24) is 0 Å². The van der Waals surface area contributed by atoms with Crippen molar-refractivity contribution in [3.63, 3.8) is 0 Å². The second kappa shape index (κ2) is 10.5. The van der Waals surface area contributed by atoms with Gasteiger partial charge >= 0.3 is 11.9 Å². The highest BCUT2D eigenvalue weighted by Crippen LogP contribution is 2.10. The van der Waals surface area contributed by atoms with Crippen LogP contribution in [0.4, 0.5) is 0 Å². The van der Waals surface area contributed by atoms with Crippen LogP contribution in [0.2, 0.25) is 0 Å². The molecule has 0 heterocycles. The first-order valence-corrected chi connectivity index (χ1v) is 7.92. The molecule has 0 aliphatic heterocycles. The number of esters is 2. The zero-order chi connectivity index (χ0) is 17.1. The lowest BCUT2D eigenvalue weighted by Gasteiger charge is -2.15. The van der Waals surface area contributed by atoms with Gasteiger partial charge in [0.15, 0.2) is 0 Å². The minimum absolute atomic E-state index is 0.0251. The molecule has 0 N–H and O–H groups in total. The van der Waals surface area contributed by atoms with Gasteiger partial charge in [-0.1, -0.05) is 44.2 Å². The average molecular weight is 319 g/mol. The van der Waals surface area contributed by atoms with Gasteiger partial charge in [-0.25, -0.2) is 4.79 Å². The topological polar surface area (TPSA) is 65.0 Å². The second-order valence-electron chi connectivity index (χ2n) is 5.46. The van der Waals surface area contributed by atoms with Crippen LogP contribution in [0.3, 0.4) is 0 Å². The van der Waals surface area contributed by atoms with Crippen molar-refractivity contribution in [2.45, 2.75) is 46.3 Å². The van der Waals surface area contributed by atoms with Crippen LogP contribution in [0.5, 0.6) is 0 Å². The van der Waals surface area contributed by atoms with Crippen LogP contribution in [0.15, 0.2) is 35.3 Å². The summed E-state index contributed by atoms with van der Waals surface area (Å²) in [5.74, 6) is -0.583. The van der Waals surface area contributed by atoms with Crippen LogP contribution in [-0.2, 0) is 25.7 Å². The fourth-order valence-electron chi connectivity index (χ4n) is 1.92. The maximum Gasteiger partial charge on any atom is 0.331 e. The first-order chi connectivity index (χ1) is 11.0. The van der Waals surface area contributed by atoms with Crippen molar-refractivity contribution in [3.05, 3.63) is 35.9 Å². The van der Waals surface area contributed by atoms with E-state index in [1.807, 2.05) is 44.2 Å². The Morgan fingerprint density at radius 3 is 2.48 bits per heavy atom. The highest BCUT2D eigenvalue weighted by atomic mass is 16.5. The van der Waals surface area contributed by atoms with Crippen LogP contribution in [0.25, 0.3) is 0 Å². The molecule has 1 rings (SSSR count). The highest BCUT2D eigenvalue weighted by molar-refractivity contribution is 5.79. The van der Waals surface area contributed by atoms with E-state index < -0.39 is 6.04 Å². The van der Waals surface area contributed by atoms with E-state index in [-0.39, 0.29) is 30.9 Å². The molecule has 0 aromatic heterocycles. The van der Waals surface area contributed by atoms with E-state index in [1.165, 1.54) is 0 Å². The Kier molecular flexibility index (Phi) is 8.65. The molecular formula is C18H25NO4. The van der Waals surface area contributed by atoms with Gasteiger partial charge in [0.25, 0.3) is 0 Å². The standard InChI is InChI=1S/C18H25NO4/c1-4-22-16(20)11-8-12-19-17(14(2)3)18(21)23-13-15-9-6-5-7-10-15/h5-7,9-10,12,14,17H,4,8,11,13H2,1-3H3/t17-/m0/s1. The number of hydrogen-bond donors (Lipinski definition) is 0. The average Bonchev–Trinajstić information content (AvgIpc) is 2.53. The lowest BCUT2D eigenvalue weighted by atomic mass is 10.1. The SMILES string of the molecule is CCOC(=O)CCC=N[C@H](C(=O)OCc1ccccc1)C(C)C. The van der Waals surface area contributed by atoms with E-state index in [9.17, 15) is 9.59 Å². The molecule has 0 saturated carbocycles. The Morgan fingerprint density at radius 1 is 1.17 bits per heavy atom. The van der Waals surface area contributed by atoms with Gasteiger partial charge in [0.1, 0.15) is 12.6 Å². The number of rotatable bonds is 9. The molecule has 0 amide bonds. The van der Waals surface area contributed by atoms with E-state index in [0.29, 0.717) is 13.0 Å². The summed E-state index contributed by atoms with van der Waals surface area (Å²) in [6.45, 7) is 6.20. The molecule has 0 bridgehead atoms. The molecule has 0 saturated heterocycles. The van der Waals surface area contributed by atoms with Crippen LogP contribution < -0.4 is 0 Å². The summed E-state index contributed by atoms with van der Waals surface area (Å²) in [7, 11) is 0. The van der Waals surface area contributed by atoms with Gasteiger partial charge < -0.3 is 9.47 Å². The highest BCUT2D eigenvalue weighted by Gasteiger charge is 2.22. The van der Waals surface area contributed by atoms with E-state index in [0.717, 1.165) is 5.56 Å². The minimum Gasteiger partial charge on any atom is -0.466 e. The lowest BCUT2D eigenvalue weighted by Crippen LogP contribution is -2.27. The summed E-state index contributed by atoms with van der Waals surface area (Å²) in [4.78, 5) is 27.7. The lowest BCUT2D eigenvalue weighted by molar-refractivity contribution is -0.147. The normalized spacial score (nSPS) is 12.3. The van der Waals surface area contributed by atoms with Crippen LogP contribution in [0, 0.1) is 5.92 Å². The van der Waals surface area contributed by atoms with Crippen LogP contribution >= 0.6 is 0 Å². The van der Waals surface area contributed by atoms with Crippen molar-refractivity contribution in [2.24, 2.45) is 10.9 Å². The zero-order valence-corrected chi connectivity index (χ0v) is 14.0. The number of hydrogen-bond acceptors (Lipinski definition) is 5. The molecule has 1 aromatic rings. The van der Waals surface area contributed by atoms with Gasteiger partial charge in [0.2, 0.25) is 0 Å². The molecule has 0 fully saturated rings. The molecule has 0 spiro atoms.